The van der Waals surface area contributed by atoms with E-state index >= 15 is 0 Å². The molecule has 0 spiro atoms. The summed E-state index contributed by atoms with van der Waals surface area (Å²) in [5.41, 5.74) is 1.46. The fourth-order valence-electron chi connectivity index (χ4n) is 1.48. The smallest absolute Gasteiger partial charge is 0.309 e. The van der Waals surface area contributed by atoms with Crippen LogP contribution in [0.3, 0.4) is 0 Å². The molecule has 0 radical (unpaired) electrons. The monoisotopic (exact) mass is 265 g/mol. The second-order valence-corrected chi connectivity index (χ2v) is 3.91. The maximum atomic E-state index is 11.2. The van der Waals surface area contributed by atoms with Gasteiger partial charge in [0.15, 0.2) is 5.65 Å². The Morgan fingerprint density at radius 3 is 3.17 bits per heavy atom. The number of carbonyl (C=O) groups excluding carboxylic acids is 1. The van der Waals surface area contributed by atoms with E-state index in [1.54, 1.807) is 41.9 Å². The number of imidazole rings is 1. The van der Waals surface area contributed by atoms with Crippen molar-refractivity contribution in [2.45, 2.75) is 13.3 Å². The predicted octanol–water partition coefficient (Wildman–Crippen LogP) is 2.35. The predicted molar refractivity (Wildman–Crippen MR) is 68.3 cm³/mol. The van der Waals surface area contributed by atoms with E-state index in [1.165, 1.54) is 0 Å². The van der Waals surface area contributed by atoms with Crippen LogP contribution >= 0.6 is 11.6 Å². The van der Waals surface area contributed by atoms with Gasteiger partial charge >= 0.3 is 5.97 Å². The van der Waals surface area contributed by atoms with Gasteiger partial charge in [-0.1, -0.05) is 17.7 Å². The first kappa shape index (κ1) is 12.6. The van der Waals surface area contributed by atoms with E-state index in [9.17, 15) is 4.79 Å². The summed E-state index contributed by atoms with van der Waals surface area (Å²) in [5.74, 6) is -0.256. The molecule has 18 heavy (non-hydrogen) atoms. The first-order valence-electron chi connectivity index (χ1n) is 5.53. The second-order valence-electron chi connectivity index (χ2n) is 3.52. The Bertz CT molecular complexity index is 592. The van der Waals surface area contributed by atoms with Crippen LogP contribution in [-0.2, 0) is 9.53 Å². The quantitative estimate of drug-likeness (QED) is 0.797. The highest BCUT2D eigenvalue weighted by Gasteiger charge is 2.02. The van der Waals surface area contributed by atoms with Crippen LogP contribution in [0.2, 0.25) is 5.15 Å². The minimum atomic E-state index is -0.256. The van der Waals surface area contributed by atoms with Crippen molar-refractivity contribution in [2.24, 2.45) is 0 Å². The van der Waals surface area contributed by atoms with Crippen molar-refractivity contribution in [3.05, 3.63) is 35.3 Å². The highest BCUT2D eigenvalue weighted by atomic mass is 35.5. The fourth-order valence-corrected chi connectivity index (χ4v) is 1.62. The van der Waals surface area contributed by atoms with Gasteiger partial charge in [0, 0.05) is 0 Å². The van der Waals surface area contributed by atoms with E-state index in [0.717, 1.165) is 5.69 Å². The molecule has 0 aliphatic carbocycles. The summed E-state index contributed by atoms with van der Waals surface area (Å²) in [7, 11) is 0. The molecule has 5 nitrogen and oxygen atoms in total. The highest BCUT2D eigenvalue weighted by Crippen LogP contribution is 2.10. The van der Waals surface area contributed by atoms with Crippen molar-refractivity contribution in [2.75, 3.05) is 6.61 Å². The van der Waals surface area contributed by atoms with Gasteiger partial charge in [-0.3, -0.25) is 4.79 Å². The normalized spacial score (nSPS) is 11.2. The summed E-state index contributed by atoms with van der Waals surface area (Å²) in [6, 6.07) is 3.45. The molecule has 2 rings (SSSR count). The Morgan fingerprint density at radius 2 is 2.39 bits per heavy atom. The number of hydrogen-bond acceptors (Lipinski definition) is 4. The molecule has 0 amide bonds. The Kier molecular flexibility index (Phi) is 3.94. The van der Waals surface area contributed by atoms with Crippen LogP contribution < -0.4 is 0 Å². The number of carbonyl (C=O) groups is 1. The van der Waals surface area contributed by atoms with Crippen molar-refractivity contribution in [3.8, 4) is 0 Å². The van der Waals surface area contributed by atoms with Crippen LogP contribution in [-0.4, -0.2) is 27.2 Å². The minimum Gasteiger partial charge on any atom is -0.466 e. The Hall–Kier alpha value is -1.88. The lowest BCUT2D eigenvalue weighted by Gasteiger charge is -1.97. The van der Waals surface area contributed by atoms with E-state index < -0.39 is 0 Å². The largest absolute Gasteiger partial charge is 0.466 e. The second kappa shape index (κ2) is 5.64. The van der Waals surface area contributed by atoms with Crippen LogP contribution in [0.4, 0.5) is 0 Å². The van der Waals surface area contributed by atoms with Crippen molar-refractivity contribution in [1.82, 2.24) is 14.6 Å². The van der Waals surface area contributed by atoms with Crippen LogP contribution in [0.15, 0.2) is 24.4 Å². The number of rotatable bonds is 4. The summed E-state index contributed by atoms with van der Waals surface area (Å²) in [6.07, 6.45) is 5.37. The number of nitrogens with zero attached hydrogens (tertiary/aromatic N) is 3. The maximum absolute atomic E-state index is 11.2. The molecule has 94 valence electrons. The number of hydrogen-bond donors (Lipinski definition) is 0. The summed E-state index contributed by atoms with van der Waals surface area (Å²) >= 11 is 5.82. The number of halogens is 1. The van der Waals surface area contributed by atoms with E-state index in [0.29, 0.717) is 17.4 Å². The molecule has 2 aromatic heterocycles. The van der Waals surface area contributed by atoms with Crippen LogP contribution in [0.1, 0.15) is 19.0 Å². The molecule has 0 saturated heterocycles. The molecular formula is C12H12ClN3O2. The summed E-state index contributed by atoms with van der Waals surface area (Å²) in [4.78, 5) is 15.3. The van der Waals surface area contributed by atoms with Gasteiger partial charge in [-0.2, -0.15) is 5.10 Å². The molecule has 0 saturated carbocycles. The molecule has 6 heteroatoms. The van der Waals surface area contributed by atoms with Gasteiger partial charge in [0.2, 0.25) is 0 Å². The lowest BCUT2D eigenvalue weighted by Crippen LogP contribution is -2.01. The van der Waals surface area contributed by atoms with E-state index in [-0.39, 0.29) is 12.4 Å². The zero-order valence-electron chi connectivity index (χ0n) is 9.84. The van der Waals surface area contributed by atoms with Crippen molar-refractivity contribution < 1.29 is 9.53 Å². The first-order valence-corrected chi connectivity index (χ1v) is 5.91. The third-order valence-electron chi connectivity index (χ3n) is 2.23. The minimum absolute atomic E-state index is 0.224. The molecule has 2 aromatic rings. The number of fused-ring (bicyclic) bond motifs is 1. The van der Waals surface area contributed by atoms with E-state index in [1.807, 2.05) is 0 Å². The molecule has 0 aliphatic rings. The number of aromatic nitrogens is 3. The third kappa shape index (κ3) is 2.87. The van der Waals surface area contributed by atoms with Gasteiger partial charge in [-0.05, 0) is 25.1 Å². The average molecular weight is 266 g/mol. The molecule has 0 N–H and O–H groups in total. The highest BCUT2D eigenvalue weighted by molar-refractivity contribution is 6.29. The van der Waals surface area contributed by atoms with Gasteiger partial charge in [0.05, 0.1) is 24.9 Å². The molecule has 0 unspecified atom stereocenters. The average Bonchev–Trinajstić information content (AvgIpc) is 2.72. The van der Waals surface area contributed by atoms with Crippen molar-refractivity contribution >= 4 is 29.3 Å². The Labute approximate surface area is 109 Å². The van der Waals surface area contributed by atoms with Gasteiger partial charge in [-0.15, -0.1) is 0 Å². The molecule has 0 atom stereocenters. The Balaban J connectivity index is 2.14. The van der Waals surface area contributed by atoms with Crippen LogP contribution in [0.25, 0.3) is 11.7 Å². The topological polar surface area (TPSA) is 56.5 Å². The molecule has 0 fully saturated rings. The van der Waals surface area contributed by atoms with Crippen LogP contribution in [0.5, 0.6) is 0 Å². The standard InChI is InChI=1S/C12H12ClN3O2/c1-2-18-12(17)5-3-4-9-8-14-11-7-6-10(13)15-16(9)11/h3-4,6-8H,2,5H2,1H3. The van der Waals surface area contributed by atoms with E-state index in [2.05, 4.69) is 10.1 Å². The van der Waals surface area contributed by atoms with E-state index in [4.69, 9.17) is 16.3 Å². The zero-order chi connectivity index (χ0) is 13.0. The summed E-state index contributed by atoms with van der Waals surface area (Å²) in [6.45, 7) is 2.16. The van der Waals surface area contributed by atoms with Gasteiger partial charge in [0.25, 0.3) is 0 Å². The third-order valence-corrected chi connectivity index (χ3v) is 2.44. The zero-order valence-corrected chi connectivity index (χ0v) is 10.6. The lowest BCUT2D eigenvalue weighted by atomic mass is 10.3. The van der Waals surface area contributed by atoms with Gasteiger partial charge in [0.1, 0.15) is 5.15 Å². The number of esters is 1. The molecule has 2 heterocycles. The molecular weight excluding hydrogens is 254 g/mol. The van der Waals surface area contributed by atoms with Gasteiger partial charge < -0.3 is 4.74 Å². The summed E-state index contributed by atoms with van der Waals surface area (Å²) < 4.78 is 6.43. The van der Waals surface area contributed by atoms with Gasteiger partial charge in [-0.25, -0.2) is 9.50 Å². The SMILES string of the molecule is CCOC(=O)CC=Cc1cnc2ccc(Cl)nn12. The first-order chi connectivity index (χ1) is 8.70. The van der Waals surface area contributed by atoms with Crippen LogP contribution in [0, 0.1) is 0 Å². The molecule has 0 aliphatic heterocycles. The maximum Gasteiger partial charge on any atom is 0.309 e. The lowest BCUT2D eigenvalue weighted by molar-refractivity contribution is -0.142. The molecule has 0 bridgehead atoms. The Morgan fingerprint density at radius 1 is 1.56 bits per heavy atom. The van der Waals surface area contributed by atoms with Crippen molar-refractivity contribution in [1.29, 1.82) is 0 Å². The van der Waals surface area contributed by atoms with Crippen molar-refractivity contribution in [3.63, 3.8) is 0 Å². The number of ether oxygens (including phenoxy) is 1. The molecule has 0 aromatic carbocycles. The fraction of sp³-hybridized carbons (Fsp3) is 0.250. The summed E-state index contributed by atoms with van der Waals surface area (Å²) in [5, 5.41) is 4.51.